The van der Waals surface area contributed by atoms with Crippen LogP contribution in [0.1, 0.15) is 20.8 Å². The third-order valence-corrected chi connectivity index (χ3v) is 1.87. The summed E-state index contributed by atoms with van der Waals surface area (Å²) < 4.78 is 1.91. The standard InChI is InChI=1S/C9H12N4/c1-9(2,3)13-5-8-7(12-13)4-10-6-11-8/h4-6H,1-3H3. The molecule has 0 radical (unpaired) electrons. The van der Waals surface area contributed by atoms with Gasteiger partial charge in [0, 0.05) is 0 Å². The van der Waals surface area contributed by atoms with E-state index in [9.17, 15) is 0 Å². The van der Waals surface area contributed by atoms with Crippen molar-refractivity contribution >= 4 is 11.0 Å². The third kappa shape index (κ3) is 1.39. The summed E-state index contributed by atoms with van der Waals surface area (Å²) in [5.74, 6) is 0. The van der Waals surface area contributed by atoms with Gasteiger partial charge in [-0.15, -0.1) is 0 Å². The molecule has 0 N–H and O–H groups in total. The first-order chi connectivity index (χ1) is 6.07. The Bertz CT molecular complexity index is 391. The lowest BCUT2D eigenvalue weighted by atomic mass is 10.1. The fourth-order valence-electron chi connectivity index (χ4n) is 1.11. The number of nitrogens with zero attached hydrogens (tertiary/aromatic N) is 4. The van der Waals surface area contributed by atoms with Crippen molar-refractivity contribution in [1.82, 2.24) is 19.7 Å². The van der Waals surface area contributed by atoms with Gasteiger partial charge in [-0.1, -0.05) is 0 Å². The molecule has 0 aliphatic rings. The summed E-state index contributed by atoms with van der Waals surface area (Å²) in [4.78, 5) is 8.04. The molecular formula is C9H12N4. The number of aromatic nitrogens is 4. The second-order valence-electron chi connectivity index (χ2n) is 4.04. The lowest BCUT2D eigenvalue weighted by Gasteiger charge is -2.18. The molecule has 0 aromatic carbocycles. The van der Waals surface area contributed by atoms with Crippen molar-refractivity contribution in [3.8, 4) is 0 Å². The number of hydrogen-bond acceptors (Lipinski definition) is 3. The van der Waals surface area contributed by atoms with Crippen molar-refractivity contribution in [3.05, 3.63) is 18.7 Å². The SMILES string of the molecule is CC(C)(C)n1cc2ncncc2n1. The molecule has 0 saturated carbocycles. The lowest BCUT2D eigenvalue weighted by molar-refractivity contribution is 0.358. The maximum atomic E-state index is 4.38. The maximum Gasteiger partial charge on any atom is 0.129 e. The Morgan fingerprint density at radius 2 is 2.00 bits per heavy atom. The minimum Gasteiger partial charge on any atom is -0.265 e. The highest BCUT2D eigenvalue weighted by Gasteiger charge is 2.14. The monoisotopic (exact) mass is 176 g/mol. The van der Waals surface area contributed by atoms with Crippen LogP contribution in [-0.4, -0.2) is 19.7 Å². The topological polar surface area (TPSA) is 43.6 Å². The molecule has 0 saturated heterocycles. The van der Waals surface area contributed by atoms with E-state index < -0.39 is 0 Å². The van der Waals surface area contributed by atoms with E-state index in [-0.39, 0.29) is 5.54 Å². The van der Waals surface area contributed by atoms with Gasteiger partial charge >= 0.3 is 0 Å². The second-order valence-corrected chi connectivity index (χ2v) is 4.04. The van der Waals surface area contributed by atoms with Crippen molar-refractivity contribution < 1.29 is 0 Å². The Morgan fingerprint density at radius 3 is 2.62 bits per heavy atom. The minimum atomic E-state index is 0.000694. The van der Waals surface area contributed by atoms with Crippen LogP contribution >= 0.6 is 0 Å². The van der Waals surface area contributed by atoms with Crippen LogP contribution in [0.25, 0.3) is 11.0 Å². The first-order valence-corrected chi connectivity index (χ1v) is 4.23. The van der Waals surface area contributed by atoms with Gasteiger partial charge in [-0.05, 0) is 20.8 Å². The maximum absolute atomic E-state index is 4.38. The molecule has 4 heteroatoms. The molecular weight excluding hydrogens is 164 g/mol. The highest BCUT2D eigenvalue weighted by molar-refractivity contribution is 5.71. The van der Waals surface area contributed by atoms with Crippen LogP contribution in [0.4, 0.5) is 0 Å². The first-order valence-electron chi connectivity index (χ1n) is 4.23. The summed E-state index contributed by atoms with van der Waals surface area (Å²) >= 11 is 0. The smallest absolute Gasteiger partial charge is 0.129 e. The first kappa shape index (κ1) is 8.16. The van der Waals surface area contributed by atoms with E-state index in [1.807, 2.05) is 10.9 Å². The molecule has 0 atom stereocenters. The van der Waals surface area contributed by atoms with Crippen LogP contribution < -0.4 is 0 Å². The Hall–Kier alpha value is -1.45. The van der Waals surface area contributed by atoms with Crippen LogP contribution in [0.5, 0.6) is 0 Å². The van der Waals surface area contributed by atoms with Gasteiger partial charge in [0.15, 0.2) is 0 Å². The van der Waals surface area contributed by atoms with Crippen molar-refractivity contribution in [2.24, 2.45) is 0 Å². The fraction of sp³-hybridized carbons (Fsp3) is 0.444. The van der Waals surface area contributed by atoms with Crippen LogP contribution in [-0.2, 0) is 5.54 Å². The third-order valence-electron chi connectivity index (χ3n) is 1.87. The average molecular weight is 176 g/mol. The Kier molecular flexibility index (Phi) is 1.58. The van der Waals surface area contributed by atoms with Gasteiger partial charge in [0.2, 0.25) is 0 Å². The van der Waals surface area contributed by atoms with E-state index in [4.69, 9.17) is 0 Å². The van der Waals surface area contributed by atoms with Crippen molar-refractivity contribution in [2.45, 2.75) is 26.3 Å². The van der Waals surface area contributed by atoms with E-state index >= 15 is 0 Å². The van der Waals surface area contributed by atoms with Gasteiger partial charge in [0.05, 0.1) is 17.9 Å². The fourth-order valence-corrected chi connectivity index (χ4v) is 1.11. The Balaban J connectivity index is 2.63. The van der Waals surface area contributed by atoms with Crippen LogP contribution in [0, 0.1) is 0 Å². The van der Waals surface area contributed by atoms with Crippen LogP contribution in [0.2, 0.25) is 0 Å². The van der Waals surface area contributed by atoms with Gasteiger partial charge in [0.1, 0.15) is 17.4 Å². The number of fused-ring (bicyclic) bond motifs is 1. The summed E-state index contributed by atoms with van der Waals surface area (Å²) in [5, 5.41) is 4.38. The molecule has 4 nitrogen and oxygen atoms in total. The predicted molar refractivity (Wildman–Crippen MR) is 50.3 cm³/mol. The molecule has 0 bridgehead atoms. The van der Waals surface area contributed by atoms with Gasteiger partial charge < -0.3 is 0 Å². The Morgan fingerprint density at radius 1 is 1.23 bits per heavy atom. The molecule has 0 unspecified atom stereocenters. The van der Waals surface area contributed by atoms with Crippen molar-refractivity contribution in [3.63, 3.8) is 0 Å². The average Bonchev–Trinajstić information content (AvgIpc) is 2.45. The zero-order chi connectivity index (χ0) is 9.47. The van der Waals surface area contributed by atoms with E-state index in [1.54, 1.807) is 6.20 Å². The molecule has 0 aliphatic heterocycles. The molecule has 0 spiro atoms. The summed E-state index contributed by atoms with van der Waals surface area (Å²) in [6, 6.07) is 0. The summed E-state index contributed by atoms with van der Waals surface area (Å²) in [6.45, 7) is 6.31. The Labute approximate surface area is 76.6 Å². The molecule has 2 aromatic heterocycles. The van der Waals surface area contributed by atoms with Gasteiger partial charge in [-0.2, -0.15) is 5.10 Å². The predicted octanol–water partition coefficient (Wildman–Crippen LogP) is 1.58. The number of rotatable bonds is 0. The minimum absolute atomic E-state index is 0.000694. The highest BCUT2D eigenvalue weighted by atomic mass is 15.3. The van der Waals surface area contributed by atoms with Crippen molar-refractivity contribution in [2.75, 3.05) is 0 Å². The summed E-state index contributed by atoms with van der Waals surface area (Å²) in [5.41, 5.74) is 1.74. The normalized spacial score (nSPS) is 12.2. The largest absolute Gasteiger partial charge is 0.265 e. The molecule has 13 heavy (non-hydrogen) atoms. The molecule has 2 rings (SSSR count). The number of hydrogen-bond donors (Lipinski definition) is 0. The van der Waals surface area contributed by atoms with E-state index in [2.05, 4.69) is 35.8 Å². The summed E-state index contributed by atoms with van der Waals surface area (Å²) in [6.07, 6.45) is 5.21. The molecule has 68 valence electrons. The zero-order valence-electron chi connectivity index (χ0n) is 8.02. The molecule has 2 aromatic rings. The lowest BCUT2D eigenvalue weighted by Crippen LogP contribution is -2.21. The summed E-state index contributed by atoms with van der Waals surface area (Å²) in [7, 11) is 0. The van der Waals surface area contributed by atoms with Crippen LogP contribution in [0.15, 0.2) is 18.7 Å². The molecule has 2 heterocycles. The van der Waals surface area contributed by atoms with E-state index in [1.165, 1.54) is 6.33 Å². The van der Waals surface area contributed by atoms with Gasteiger partial charge in [0.25, 0.3) is 0 Å². The van der Waals surface area contributed by atoms with Gasteiger partial charge in [-0.25, -0.2) is 9.97 Å². The highest BCUT2D eigenvalue weighted by Crippen LogP contribution is 2.15. The molecule has 0 amide bonds. The second kappa shape index (κ2) is 2.52. The van der Waals surface area contributed by atoms with E-state index in [0.717, 1.165) is 11.0 Å². The zero-order valence-corrected chi connectivity index (χ0v) is 8.02. The van der Waals surface area contributed by atoms with Crippen LogP contribution in [0.3, 0.4) is 0 Å². The molecule has 0 aliphatic carbocycles. The van der Waals surface area contributed by atoms with E-state index in [0.29, 0.717) is 0 Å². The van der Waals surface area contributed by atoms with Crippen molar-refractivity contribution in [1.29, 1.82) is 0 Å². The quantitative estimate of drug-likeness (QED) is 0.612. The van der Waals surface area contributed by atoms with Gasteiger partial charge in [-0.3, -0.25) is 4.68 Å². The molecule has 0 fully saturated rings.